The molecule has 0 aromatic heterocycles. The minimum absolute atomic E-state index is 0.172. The smallest absolute Gasteiger partial charge is 0.164 e. The summed E-state index contributed by atoms with van der Waals surface area (Å²) in [5.74, 6) is 0. The van der Waals surface area contributed by atoms with Crippen LogP contribution in [-0.2, 0) is 0 Å². The lowest BCUT2D eigenvalue weighted by atomic mass is 10.0. The van der Waals surface area contributed by atoms with E-state index >= 15 is 0 Å². The Balaban J connectivity index is 3.34. The molecule has 0 aliphatic rings. The van der Waals surface area contributed by atoms with Crippen molar-refractivity contribution in [1.29, 1.82) is 0 Å². The van der Waals surface area contributed by atoms with Crippen molar-refractivity contribution in [1.82, 2.24) is 4.90 Å². The molecule has 0 fully saturated rings. The summed E-state index contributed by atoms with van der Waals surface area (Å²) in [5.41, 5.74) is 0. The lowest BCUT2D eigenvalue weighted by molar-refractivity contribution is -0.0754. The summed E-state index contributed by atoms with van der Waals surface area (Å²) < 4.78 is 0. The molecule has 0 amide bonds. The van der Waals surface area contributed by atoms with Crippen LogP contribution in [0.25, 0.3) is 0 Å². The van der Waals surface area contributed by atoms with Gasteiger partial charge >= 0.3 is 0 Å². The molecular weight excluding hydrogens is 354 g/mol. The van der Waals surface area contributed by atoms with Gasteiger partial charge in [-0.25, -0.2) is 0 Å². The summed E-state index contributed by atoms with van der Waals surface area (Å²) in [4.78, 5) is 1.90. The van der Waals surface area contributed by atoms with Gasteiger partial charge in [0.25, 0.3) is 0 Å². The van der Waals surface area contributed by atoms with Crippen LogP contribution in [0.15, 0.2) is 0 Å². The second-order valence-corrected chi connectivity index (χ2v) is 8.35. The van der Waals surface area contributed by atoms with Crippen LogP contribution in [0.5, 0.6) is 0 Å². The second kappa shape index (κ2) is 21.5. The van der Waals surface area contributed by atoms with Crippen molar-refractivity contribution in [2.24, 2.45) is 0 Å². The fourth-order valence-corrected chi connectivity index (χ4v) is 3.71. The molecule has 0 bridgehead atoms. The Bertz CT molecular complexity index is 300. The molecule has 0 saturated carbocycles. The highest BCUT2D eigenvalue weighted by Crippen LogP contribution is 2.14. The first-order valence-corrected chi connectivity index (χ1v) is 12.0. The van der Waals surface area contributed by atoms with Gasteiger partial charge in [-0.15, -0.1) is 0 Å². The molecule has 0 radical (unpaired) electrons. The molecule has 0 heterocycles. The van der Waals surface area contributed by atoms with Crippen molar-refractivity contribution >= 4 is 0 Å². The number of hydrogen-bond donors (Lipinski definition) is 4. The first-order valence-electron chi connectivity index (χ1n) is 12.0. The molecular formula is C23H49NO4. The van der Waals surface area contributed by atoms with Crippen LogP contribution in [0, 0.1) is 0 Å². The molecule has 5 nitrogen and oxygen atoms in total. The fraction of sp³-hybridized carbons (Fsp3) is 1.00. The van der Waals surface area contributed by atoms with Crippen LogP contribution < -0.4 is 0 Å². The van der Waals surface area contributed by atoms with Crippen molar-refractivity contribution in [3.63, 3.8) is 0 Å². The summed E-state index contributed by atoms with van der Waals surface area (Å²) in [5, 5.41) is 36.1. The molecule has 28 heavy (non-hydrogen) atoms. The van der Waals surface area contributed by atoms with Crippen LogP contribution in [0.3, 0.4) is 0 Å². The van der Waals surface area contributed by atoms with Crippen molar-refractivity contribution in [3.05, 3.63) is 0 Å². The van der Waals surface area contributed by atoms with E-state index in [2.05, 4.69) is 6.92 Å². The van der Waals surface area contributed by atoms with Gasteiger partial charge in [-0.3, -0.25) is 4.90 Å². The molecule has 0 spiro atoms. The third-order valence-electron chi connectivity index (χ3n) is 5.45. The molecule has 0 aliphatic carbocycles. The zero-order valence-corrected chi connectivity index (χ0v) is 18.5. The van der Waals surface area contributed by atoms with E-state index in [-0.39, 0.29) is 13.0 Å². The third-order valence-corrected chi connectivity index (χ3v) is 5.45. The zero-order chi connectivity index (χ0) is 20.9. The molecule has 4 N–H and O–H groups in total. The maximum absolute atomic E-state index is 9.11. The van der Waals surface area contributed by atoms with Gasteiger partial charge in [0.15, 0.2) is 12.6 Å². The molecule has 0 rings (SSSR count). The van der Waals surface area contributed by atoms with Crippen molar-refractivity contribution in [3.8, 4) is 0 Å². The Labute approximate surface area is 174 Å². The van der Waals surface area contributed by atoms with Crippen LogP contribution in [0.2, 0.25) is 0 Å². The predicted octanol–water partition coefficient (Wildman–Crippen LogP) is 4.56. The molecule has 0 saturated heterocycles. The van der Waals surface area contributed by atoms with Crippen LogP contribution >= 0.6 is 0 Å². The monoisotopic (exact) mass is 403 g/mol. The van der Waals surface area contributed by atoms with Gasteiger partial charge in [-0.2, -0.15) is 0 Å². The molecule has 0 aliphatic heterocycles. The quantitative estimate of drug-likeness (QED) is 0.157. The van der Waals surface area contributed by atoms with E-state index in [0.717, 1.165) is 19.4 Å². The molecule has 170 valence electrons. The zero-order valence-electron chi connectivity index (χ0n) is 18.5. The Hall–Kier alpha value is -0.200. The Morgan fingerprint density at radius 3 is 1.25 bits per heavy atom. The van der Waals surface area contributed by atoms with Gasteiger partial charge in [0.1, 0.15) is 0 Å². The van der Waals surface area contributed by atoms with Crippen LogP contribution in [0.1, 0.15) is 116 Å². The van der Waals surface area contributed by atoms with Gasteiger partial charge in [0, 0.05) is 19.5 Å². The van der Waals surface area contributed by atoms with E-state index in [1.165, 1.54) is 89.9 Å². The van der Waals surface area contributed by atoms with E-state index in [4.69, 9.17) is 20.4 Å². The van der Waals surface area contributed by atoms with Gasteiger partial charge < -0.3 is 20.4 Å². The summed E-state index contributed by atoms with van der Waals surface area (Å²) in [6.45, 7) is 3.70. The average molecular weight is 404 g/mol. The van der Waals surface area contributed by atoms with E-state index in [1.54, 1.807) is 0 Å². The lowest BCUT2D eigenvalue weighted by Crippen LogP contribution is -2.35. The van der Waals surface area contributed by atoms with Crippen molar-refractivity contribution in [2.45, 2.75) is 129 Å². The number of unbranched alkanes of at least 4 members (excludes halogenated alkanes) is 15. The van der Waals surface area contributed by atoms with Crippen molar-refractivity contribution in [2.75, 3.05) is 19.6 Å². The van der Waals surface area contributed by atoms with Gasteiger partial charge in [0.2, 0.25) is 0 Å². The molecule has 5 heteroatoms. The first kappa shape index (κ1) is 27.8. The molecule has 0 aromatic rings. The minimum atomic E-state index is -1.36. The summed E-state index contributed by atoms with van der Waals surface area (Å²) >= 11 is 0. The van der Waals surface area contributed by atoms with E-state index < -0.39 is 12.6 Å². The number of nitrogens with zero attached hydrogens (tertiary/aromatic N) is 1. The molecule has 0 atom stereocenters. The Kier molecular flexibility index (Phi) is 21.4. The second-order valence-electron chi connectivity index (χ2n) is 8.35. The largest absolute Gasteiger partial charge is 0.368 e. The summed E-state index contributed by atoms with van der Waals surface area (Å²) in [7, 11) is 0. The third kappa shape index (κ3) is 22.1. The van der Waals surface area contributed by atoms with Gasteiger partial charge in [-0.1, -0.05) is 103 Å². The number of hydrogen-bond acceptors (Lipinski definition) is 5. The Morgan fingerprint density at radius 2 is 0.893 bits per heavy atom. The van der Waals surface area contributed by atoms with E-state index in [0.29, 0.717) is 6.54 Å². The molecule has 0 unspecified atom stereocenters. The number of aliphatic hydroxyl groups excluding tert-OH is 2. The lowest BCUT2D eigenvalue weighted by Gasteiger charge is -2.23. The Morgan fingerprint density at radius 1 is 0.500 bits per heavy atom. The average Bonchev–Trinajstić information content (AvgIpc) is 2.65. The maximum atomic E-state index is 9.11. The minimum Gasteiger partial charge on any atom is -0.368 e. The topological polar surface area (TPSA) is 84.2 Å². The summed E-state index contributed by atoms with van der Waals surface area (Å²) in [6.07, 6.45) is 18.9. The van der Waals surface area contributed by atoms with Crippen molar-refractivity contribution < 1.29 is 20.4 Å². The van der Waals surface area contributed by atoms with Crippen LogP contribution in [0.4, 0.5) is 0 Å². The van der Waals surface area contributed by atoms with Gasteiger partial charge in [-0.05, 0) is 13.0 Å². The normalized spacial score (nSPS) is 12.0. The molecule has 0 aromatic carbocycles. The fourth-order valence-electron chi connectivity index (χ4n) is 3.71. The standard InChI is InChI=1S/C23H49NO4/c1-2-3-4-5-6-7-8-9-10-11-12-13-14-15-16-17-19-24(21-23(27)28)20-18-22(25)26/h22-23,25-28H,2-21H2,1H3. The van der Waals surface area contributed by atoms with E-state index in [9.17, 15) is 0 Å². The maximum Gasteiger partial charge on any atom is 0.164 e. The number of rotatable bonds is 22. The van der Waals surface area contributed by atoms with E-state index in [1.807, 2.05) is 4.90 Å². The highest BCUT2D eigenvalue weighted by molar-refractivity contribution is 4.60. The van der Waals surface area contributed by atoms with Crippen LogP contribution in [-0.4, -0.2) is 57.5 Å². The highest BCUT2D eigenvalue weighted by atomic mass is 16.5. The van der Waals surface area contributed by atoms with Gasteiger partial charge in [0.05, 0.1) is 0 Å². The number of aliphatic hydroxyl groups is 4. The highest BCUT2D eigenvalue weighted by Gasteiger charge is 2.10. The first-order chi connectivity index (χ1) is 13.6. The SMILES string of the molecule is CCCCCCCCCCCCCCCCCCN(CCC(O)O)CC(O)O. The summed E-state index contributed by atoms with van der Waals surface area (Å²) in [6, 6.07) is 0. The predicted molar refractivity (Wildman–Crippen MR) is 117 cm³/mol.